The minimum Gasteiger partial charge on any atom is -0.491 e. The van der Waals surface area contributed by atoms with Gasteiger partial charge in [0.15, 0.2) is 0 Å². The third-order valence-electron chi connectivity index (χ3n) is 5.64. The Labute approximate surface area is 174 Å². The molecule has 7 nitrogen and oxygen atoms in total. The molecule has 1 aliphatic heterocycles. The van der Waals surface area contributed by atoms with Crippen LogP contribution in [0.15, 0.2) is 47.0 Å². The number of benzene rings is 2. The quantitative estimate of drug-likeness (QED) is 0.619. The zero-order chi connectivity index (χ0) is 20.5. The summed E-state index contributed by atoms with van der Waals surface area (Å²) in [7, 11) is 0. The first-order valence-electron chi connectivity index (χ1n) is 10.4. The second kappa shape index (κ2) is 7.82. The molecular formula is C23H23N3O4. The van der Waals surface area contributed by atoms with Crippen molar-refractivity contribution in [2.24, 2.45) is 5.92 Å². The number of hydrogen-bond donors (Lipinski definition) is 1. The van der Waals surface area contributed by atoms with Crippen LogP contribution in [0.5, 0.6) is 5.75 Å². The molecule has 0 radical (unpaired) electrons. The van der Waals surface area contributed by atoms with Gasteiger partial charge in [0, 0.05) is 24.2 Å². The fourth-order valence-corrected chi connectivity index (χ4v) is 3.69. The molecular weight excluding hydrogens is 382 g/mol. The number of carboxylic acid groups (broad SMARTS) is 1. The number of anilines is 1. The second-order valence-electron chi connectivity index (χ2n) is 7.94. The zero-order valence-electron chi connectivity index (χ0n) is 16.6. The van der Waals surface area contributed by atoms with Crippen molar-refractivity contribution in [3.63, 3.8) is 0 Å². The summed E-state index contributed by atoms with van der Waals surface area (Å²) in [6, 6.07) is 12.4. The van der Waals surface area contributed by atoms with Crippen LogP contribution in [0.3, 0.4) is 0 Å². The van der Waals surface area contributed by atoms with Crippen LogP contribution >= 0.6 is 0 Å². The van der Waals surface area contributed by atoms with Crippen molar-refractivity contribution in [3.05, 3.63) is 48.0 Å². The van der Waals surface area contributed by atoms with E-state index in [2.05, 4.69) is 21.1 Å². The fourth-order valence-electron chi connectivity index (χ4n) is 3.69. The monoisotopic (exact) mass is 405 g/mol. The van der Waals surface area contributed by atoms with Crippen molar-refractivity contribution < 1.29 is 19.2 Å². The molecule has 5 rings (SSSR count). The van der Waals surface area contributed by atoms with Gasteiger partial charge in [-0.05, 0) is 74.1 Å². The molecule has 0 bridgehead atoms. The maximum atomic E-state index is 11.0. The Morgan fingerprint density at radius 1 is 1.10 bits per heavy atom. The van der Waals surface area contributed by atoms with Crippen molar-refractivity contribution in [1.82, 2.24) is 10.1 Å². The van der Waals surface area contributed by atoms with E-state index in [0.29, 0.717) is 23.2 Å². The Morgan fingerprint density at radius 2 is 1.83 bits per heavy atom. The molecule has 0 amide bonds. The van der Waals surface area contributed by atoms with E-state index in [9.17, 15) is 4.79 Å². The number of nitrogens with zero attached hydrogens (tertiary/aromatic N) is 3. The van der Waals surface area contributed by atoms with Crippen molar-refractivity contribution in [3.8, 4) is 28.6 Å². The standard InChI is InChI=1S/C23H23N3O4/c27-23(28)17-7-5-16(6-8-17)22-24-21(25-30-22)18-9-10-20(29-14-15-3-4-15)19(13-18)26-11-1-2-12-26/h5-10,13,15H,1-4,11-12,14H2,(H,27,28). The van der Waals surface area contributed by atoms with Crippen molar-refractivity contribution >= 4 is 11.7 Å². The topological polar surface area (TPSA) is 88.7 Å². The van der Waals surface area contributed by atoms with E-state index < -0.39 is 5.97 Å². The first-order valence-corrected chi connectivity index (χ1v) is 10.4. The average Bonchev–Trinajstić information content (AvgIpc) is 3.23. The fraction of sp³-hybridized carbons (Fsp3) is 0.348. The van der Waals surface area contributed by atoms with Crippen LogP contribution in [0.4, 0.5) is 5.69 Å². The van der Waals surface area contributed by atoms with Gasteiger partial charge in [0.2, 0.25) is 5.82 Å². The van der Waals surface area contributed by atoms with Gasteiger partial charge in [-0.25, -0.2) is 4.79 Å². The molecule has 1 saturated carbocycles. The molecule has 1 saturated heterocycles. The molecule has 1 aromatic heterocycles. The average molecular weight is 405 g/mol. The smallest absolute Gasteiger partial charge is 0.335 e. The Bertz CT molecular complexity index is 1050. The van der Waals surface area contributed by atoms with Crippen LogP contribution < -0.4 is 9.64 Å². The van der Waals surface area contributed by atoms with Gasteiger partial charge in [0.25, 0.3) is 5.89 Å². The van der Waals surface area contributed by atoms with Gasteiger partial charge in [-0.2, -0.15) is 4.98 Å². The third-order valence-corrected chi connectivity index (χ3v) is 5.64. The summed E-state index contributed by atoms with van der Waals surface area (Å²) in [6.07, 6.45) is 4.89. The number of hydrogen-bond acceptors (Lipinski definition) is 6. The molecule has 0 atom stereocenters. The van der Waals surface area contributed by atoms with Crippen LogP contribution in [-0.2, 0) is 0 Å². The summed E-state index contributed by atoms with van der Waals surface area (Å²) in [5, 5.41) is 13.2. The van der Waals surface area contributed by atoms with Crippen molar-refractivity contribution in [1.29, 1.82) is 0 Å². The third kappa shape index (κ3) is 3.87. The molecule has 30 heavy (non-hydrogen) atoms. The predicted octanol–water partition coefficient (Wildman–Crippen LogP) is 4.49. The largest absolute Gasteiger partial charge is 0.491 e. The normalized spacial score (nSPS) is 16.1. The number of ether oxygens (including phenoxy) is 1. The van der Waals surface area contributed by atoms with Gasteiger partial charge in [-0.3, -0.25) is 0 Å². The molecule has 1 N–H and O–H groups in total. The lowest BCUT2D eigenvalue weighted by atomic mass is 10.1. The number of aromatic carboxylic acids is 1. The van der Waals surface area contributed by atoms with Crippen LogP contribution in [0.2, 0.25) is 0 Å². The number of aromatic nitrogens is 2. The highest BCUT2D eigenvalue weighted by atomic mass is 16.5. The van der Waals surface area contributed by atoms with Crippen molar-refractivity contribution in [2.45, 2.75) is 25.7 Å². The molecule has 1 aliphatic carbocycles. The summed E-state index contributed by atoms with van der Waals surface area (Å²) >= 11 is 0. The first-order chi connectivity index (χ1) is 14.7. The molecule has 2 heterocycles. The Hall–Kier alpha value is -3.35. The highest BCUT2D eigenvalue weighted by Gasteiger charge is 2.24. The number of carboxylic acids is 1. The molecule has 0 unspecified atom stereocenters. The van der Waals surface area contributed by atoms with Crippen LogP contribution in [-0.4, -0.2) is 40.9 Å². The molecule has 7 heteroatoms. The lowest BCUT2D eigenvalue weighted by molar-refractivity contribution is 0.0697. The summed E-state index contributed by atoms with van der Waals surface area (Å²) in [4.78, 5) is 17.9. The van der Waals surface area contributed by atoms with Crippen LogP contribution in [0.25, 0.3) is 22.8 Å². The number of rotatable bonds is 7. The summed E-state index contributed by atoms with van der Waals surface area (Å²) in [5.74, 6) is 1.51. The molecule has 2 aliphatic rings. The summed E-state index contributed by atoms with van der Waals surface area (Å²) in [6.45, 7) is 2.83. The molecule has 3 aromatic rings. The van der Waals surface area contributed by atoms with E-state index in [1.54, 1.807) is 12.1 Å². The molecule has 0 spiro atoms. The van der Waals surface area contributed by atoms with E-state index >= 15 is 0 Å². The molecule has 2 aromatic carbocycles. The summed E-state index contributed by atoms with van der Waals surface area (Å²) < 4.78 is 11.6. The van der Waals surface area contributed by atoms with E-state index in [4.69, 9.17) is 14.4 Å². The van der Waals surface area contributed by atoms with Gasteiger partial charge < -0.3 is 19.3 Å². The zero-order valence-corrected chi connectivity index (χ0v) is 16.6. The Balaban J connectivity index is 1.42. The van der Waals surface area contributed by atoms with Gasteiger partial charge in [-0.1, -0.05) is 5.16 Å². The van der Waals surface area contributed by atoms with E-state index in [1.165, 1.54) is 37.8 Å². The van der Waals surface area contributed by atoms with Crippen LogP contribution in [0, 0.1) is 5.92 Å². The van der Waals surface area contributed by atoms with Crippen LogP contribution in [0.1, 0.15) is 36.0 Å². The second-order valence-corrected chi connectivity index (χ2v) is 7.94. The molecule has 2 fully saturated rings. The van der Waals surface area contributed by atoms with Gasteiger partial charge in [-0.15, -0.1) is 0 Å². The molecule has 154 valence electrons. The maximum absolute atomic E-state index is 11.0. The maximum Gasteiger partial charge on any atom is 0.335 e. The SMILES string of the molecule is O=C(O)c1ccc(-c2nc(-c3ccc(OCC4CC4)c(N4CCCC4)c3)no2)cc1. The number of carbonyl (C=O) groups is 1. The van der Waals surface area contributed by atoms with E-state index in [-0.39, 0.29) is 5.56 Å². The highest BCUT2D eigenvalue weighted by Crippen LogP contribution is 2.37. The van der Waals surface area contributed by atoms with Crippen molar-refractivity contribution in [2.75, 3.05) is 24.6 Å². The van der Waals surface area contributed by atoms with Gasteiger partial charge >= 0.3 is 5.97 Å². The summed E-state index contributed by atoms with van der Waals surface area (Å²) in [5.41, 5.74) is 2.86. The van der Waals surface area contributed by atoms with E-state index in [1.807, 2.05) is 12.1 Å². The first kappa shape index (κ1) is 18.7. The lowest BCUT2D eigenvalue weighted by Gasteiger charge is -2.22. The van der Waals surface area contributed by atoms with Gasteiger partial charge in [0.05, 0.1) is 17.9 Å². The van der Waals surface area contributed by atoms with E-state index in [0.717, 1.165) is 36.7 Å². The lowest BCUT2D eigenvalue weighted by Crippen LogP contribution is -2.19. The minimum atomic E-state index is -0.966. The highest BCUT2D eigenvalue weighted by molar-refractivity contribution is 5.88. The Morgan fingerprint density at radius 3 is 2.53 bits per heavy atom. The Kier molecular flexibility index (Phi) is 4.86. The predicted molar refractivity (Wildman–Crippen MR) is 112 cm³/mol. The van der Waals surface area contributed by atoms with Gasteiger partial charge in [0.1, 0.15) is 5.75 Å². The minimum absolute atomic E-state index is 0.218.